The second kappa shape index (κ2) is 6.16. The highest BCUT2D eigenvalue weighted by Gasteiger charge is 2.46. The number of carbonyl (C=O) groups is 1. The van der Waals surface area contributed by atoms with E-state index in [1.807, 2.05) is 0 Å². The molecule has 0 spiro atoms. The number of halogens is 1. The second-order valence-corrected chi connectivity index (χ2v) is 6.35. The van der Waals surface area contributed by atoms with Crippen molar-refractivity contribution in [3.8, 4) is 5.69 Å². The molecule has 2 unspecified atom stereocenters. The van der Waals surface area contributed by atoms with Gasteiger partial charge in [-0.1, -0.05) is 23.7 Å². The first kappa shape index (κ1) is 16.1. The fourth-order valence-electron chi connectivity index (χ4n) is 3.17. The maximum atomic E-state index is 12.8. The number of morpholine rings is 1. The van der Waals surface area contributed by atoms with E-state index >= 15 is 0 Å². The standard InChI is InChI=1S/C17H16ClN3O4/c1-24-17(23)10-4-2-3-5-11(10)21-16(22)15(18)13(9-19-21)20-6-7-25-14-8-12(14)20/h2-5,9,12,14H,6-8H2,1H3. The summed E-state index contributed by atoms with van der Waals surface area (Å²) in [5, 5.41) is 4.33. The molecule has 8 heteroatoms. The Labute approximate surface area is 148 Å². The van der Waals surface area contributed by atoms with Crippen molar-refractivity contribution in [2.45, 2.75) is 18.6 Å². The van der Waals surface area contributed by atoms with Gasteiger partial charge in [0.1, 0.15) is 5.02 Å². The first-order valence-corrected chi connectivity index (χ1v) is 8.33. The van der Waals surface area contributed by atoms with E-state index in [9.17, 15) is 9.59 Å². The smallest absolute Gasteiger partial charge is 0.340 e. The number of aromatic nitrogens is 2. The number of nitrogens with zero attached hydrogens (tertiary/aromatic N) is 3. The Kier molecular flexibility index (Phi) is 3.97. The number of para-hydroxylation sites is 1. The maximum Gasteiger partial charge on any atom is 0.340 e. The molecule has 2 heterocycles. The van der Waals surface area contributed by atoms with Gasteiger partial charge in [-0.05, 0) is 18.6 Å². The summed E-state index contributed by atoms with van der Waals surface area (Å²) in [6.07, 6.45) is 2.72. The number of rotatable bonds is 3. The van der Waals surface area contributed by atoms with Crippen LogP contribution in [0.1, 0.15) is 16.8 Å². The van der Waals surface area contributed by atoms with Crippen LogP contribution >= 0.6 is 11.6 Å². The zero-order valence-electron chi connectivity index (χ0n) is 13.5. The lowest BCUT2D eigenvalue weighted by atomic mass is 10.2. The van der Waals surface area contributed by atoms with Gasteiger partial charge in [-0.2, -0.15) is 9.78 Å². The van der Waals surface area contributed by atoms with Gasteiger partial charge in [-0.3, -0.25) is 4.79 Å². The number of hydrogen-bond donors (Lipinski definition) is 0. The van der Waals surface area contributed by atoms with Crippen molar-refractivity contribution in [1.82, 2.24) is 9.78 Å². The number of carbonyl (C=O) groups excluding carboxylic acids is 1. The molecule has 2 atom stereocenters. The highest BCUT2D eigenvalue weighted by atomic mass is 35.5. The molecule has 1 aliphatic carbocycles. The van der Waals surface area contributed by atoms with Crippen LogP contribution in [0.25, 0.3) is 5.69 Å². The molecule has 1 aliphatic heterocycles. The quantitative estimate of drug-likeness (QED) is 0.774. The topological polar surface area (TPSA) is 73.7 Å². The van der Waals surface area contributed by atoms with Crippen LogP contribution in [0.15, 0.2) is 35.3 Å². The molecule has 1 aromatic heterocycles. The molecule has 0 bridgehead atoms. The molecule has 1 saturated carbocycles. The summed E-state index contributed by atoms with van der Waals surface area (Å²) in [5.74, 6) is -0.543. The van der Waals surface area contributed by atoms with Crippen LogP contribution in [-0.2, 0) is 9.47 Å². The van der Waals surface area contributed by atoms with E-state index in [1.54, 1.807) is 30.5 Å². The molecule has 1 saturated heterocycles. The van der Waals surface area contributed by atoms with Crippen molar-refractivity contribution < 1.29 is 14.3 Å². The van der Waals surface area contributed by atoms with Gasteiger partial charge in [0.2, 0.25) is 0 Å². The van der Waals surface area contributed by atoms with Crippen LogP contribution < -0.4 is 10.5 Å². The number of fused-ring (bicyclic) bond motifs is 1. The van der Waals surface area contributed by atoms with Gasteiger partial charge in [0, 0.05) is 6.54 Å². The van der Waals surface area contributed by atoms with Crippen molar-refractivity contribution in [2.24, 2.45) is 0 Å². The molecule has 2 aromatic rings. The first-order valence-electron chi connectivity index (χ1n) is 7.95. The molecule has 130 valence electrons. The predicted octanol–water partition coefficient (Wildman–Crippen LogP) is 1.65. The van der Waals surface area contributed by atoms with Gasteiger partial charge in [0.05, 0.1) is 49.0 Å². The van der Waals surface area contributed by atoms with Crippen LogP contribution in [0, 0.1) is 0 Å². The molecule has 0 amide bonds. The fourth-order valence-corrected chi connectivity index (χ4v) is 3.41. The van der Waals surface area contributed by atoms with Crippen molar-refractivity contribution in [1.29, 1.82) is 0 Å². The molecule has 1 aromatic carbocycles. The second-order valence-electron chi connectivity index (χ2n) is 5.98. The predicted molar refractivity (Wildman–Crippen MR) is 91.7 cm³/mol. The molecule has 4 rings (SSSR count). The summed E-state index contributed by atoms with van der Waals surface area (Å²) >= 11 is 6.36. The van der Waals surface area contributed by atoms with E-state index in [1.165, 1.54) is 7.11 Å². The van der Waals surface area contributed by atoms with E-state index in [0.29, 0.717) is 24.5 Å². The molecule has 7 nitrogen and oxygen atoms in total. The molecule has 25 heavy (non-hydrogen) atoms. The average Bonchev–Trinajstić information content (AvgIpc) is 3.43. The van der Waals surface area contributed by atoms with E-state index in [0.717, 1.165) is 11.1 Å². The summed E-state index contributed by atoms with van der Waals surface area (Å²) in [7, 11) is 1.29. The molecule has 0 N–H and O–H groups in total. The fraction of sp³-hybridized carbons (Fsp3) is 0.353. The third-order valence-corrected chi connectivity index (χ3v) is 4.87. The van der Waals surface area contributed by atoms with Crippen molar-refractivity contribution in [3.05, 3.63) is 51.4 Å². The monoisotopic (exact) mass is 361 g/mol. The first-order chi connectivity index (χ1) is 12.1. The minimum absolute atomic E-state index is 0.0854. The number of methoxy groups -OCH3 is 1. The lowest BCUT2D eigenvalue weighted by Gasteiger charge is -2.29. The Balaban J connectivity index is 1.77. The number of benzene rings is 1. The van der Waals surface area contributed by atoms with Crippen LogP contribution in [0.4, 0.5) is 5.69 Å². The van der Waals surface area contributed by atoms with Crippen LogP contribution in [0.2, 0.25) is 5.02 Å². The molecular formula is C17H16ClN3O4. The number of esters is 1. The Morgan fingerprint density at radius 3 is 2.96 bits per heavy atom. The van der Waals surface area contributed by atoms with Gasteiger partial charge in [-0.15, -0.1) is 0 Å². The summed E-state index contributed by atoms with van der Waals surface area (Å²) in [6.45, 7) is 1.27. The van der Waals surface area contributed by atoms with E-state index < -0.39 is 11.5 Å². The van der Waals surface area contributed by atoms with Crippen LogP contribution in [-0.4, -0.2) is 48.2 Å². The molecule has 2 fully saturated rings. The zero-order valence-corrected chi connectivity index (χ0v) is 14.3. The maximum absolute atomic E-state index is 12.8. The normalized spacial score (nSPS) is 21.6. The minimum Gasteiger partial charge on any atom is -0.465 e. The Hall–Kier alpha value is -2.38. The van der Waals surface area contributed by atoms with Gasteiger partial charge in [0.25, 0.3) is 5.56 Å². The summed E-state index contributed by atoms with van der Waals surface area (Å²) in [6, 6.07) is 6.87. The number of hydrogen-bond acceptors (Lipinski definition) is 6. The van der Waals surface area contributed by atoms with Gasteiger partial charge in [-0.25, -0.2) is 4.79 Å². The number of anilines is 1. The molecular weight excluding hydrogens is 346 g/mol. The van der Waals surface area contributed by atoms with Gasteiger partial charge >= 0.3 is 5.97 Å². The van der Waals surface area contributed by atoms with Crippen molar-refractivity contribution in [3.63, 3.8) is 0 Å². The lowest BCUT2D eigenvalue weighted by molar-refractivity contribution is 0.0600. The van der Waals surface area contributed by atoms with Crippen LogP contribution in [0.3, 0.4) is 0 Å². The molecule has 0 radical (unpaired) electrons. The largest absolute Gasteiger partial charge is 0.465 e. The van der Waals surface area contributed by atoms with Gasteiger partial charge in [0.15, 0.2) is 0 Å². The van der Waals surface area contributed by atoms with Crippen LogP contribution in [0.5, 0.6) is 0 Å². The Morgan fingerprint density at radius 2 is 2.16 bits per heavy atom. The Bertz CT molecular complexity index is 898. The zero-order chi connectivity index (χ0) is 17.6. The summed E-state index contributed by atoms with van der Waals surface area (Å²) in [5.41, 5.74) is 0.713. The van der Waals surface area contributed by atoms with E-state index in [2.05, 4.69) is 10.00 Å². The Morgan fingerprint density at radius 1 is 1.36 bits per heavy atom. The van der Waals surface area contributed by atoms with Crippen molar-refractivity contribution >= 4 is 23.3 Å². The highest BCUT2D eigenvalue weighted by molar-refractivity contribution is 6.33. The third kappa shape index (κ3) is 2.69. The minimum atomic E-state index is -0.543. The summed E-state index contributed by atoms with van der Waals surface area (Å²) in [4.78, 5) is 26.8. The van der Waals surface area contributed by atoms with E-state index in [-0.39, 0.29) is 22.7 Å². The average molecular weight is 362 g/mol. The third-order valence-electron chi connectivity index (χ3n) is 4.51. The number of ether oxygens (including phenoxy) is 2. The SMILES string of the molecule is COC(=O)c1ccccc1-n1ncc(N2CCOC3CC32)c(Cl)c1=O. The lowest BCUT2D eigenvalue weighted by Crippen LogP contribution is -2.38. The highest BCUT2D eigenvalue weighted by Crippen LogP contribution is 2.39. The van der Waals surface area contributed by atoms with E-state index in [4.69, 9.17) is 21.1 Å². The van der Waals surface area contributed by atoms with Gasteiger partial charge < -0.3 is 14.4 Å². The molecule has 2 aliphatic rings. The van der Waals surface area contributed by atoms with Crippen molar-refractivity contribution in [2.75, 3.05) is 25.2 Å². The summed E-state index contributed by atoms with van der Waals surface area (Å²) < 4.78 is 11.5.